The maximum absolute atomic E-state index is 5.58. The van der Waals surface area contributed by atoms with Gasteiger partial charge in [-0.1, -0.05) is 30.3 Å². The molecule has 1 aromatic rings. The van der Waals surface area contributed by atoms with Gasteiger partial charge in [-0.25, -0.2) is 0 Å². The van der Waals surface area contributed by atoms with Gasteiger partial charge < -0.3 is 10.1 Å². The summed E-state index contributed by atoms with van der Waals surface area (Å²) in [6.45, 7) is 12.6. The number of benzene rings is 1. The standard InChI is InChI=1S/C17H28N2O/c1-14-13-20-11-10-19(14)16(12-18-17(2,3)4)15-8-6-5-7-9-15/h5-9,14,16,18H,10-13H2,1-4H3. The summed E-state index contributed by atoms with van der Waals surface area (Å²) in [7, 11) is 0. The van der Waals surface area contributed by atoms with Crippen LogP contribution in [0.5, 0.6) is 0 Å². The summed E-state index contributed by atoms with van der Waals surface area (Å²) in [6, 6.07) is 11.7. The summed E-state index contributed by atoms with van der Waals surface area (Å²) in [5.74, 6) is 0. The first-order valence-electron chi connectivity index (χ1n) is 7.61. The molecule has 2 unspecified atom stereocenters. The molecule has 1 saturated heterocycles. The molecule has 0 radical (unpaired) electrons. The van der Waals surface area contributed by atoms with Crippen LogP contribution in [-0.4, -0.2) is 42.8 Å². The quantitative estimate of drug-likeness (QED) is 0.915. The third-order valence-electron chi connectivity index (χ3n) is 3.83. The second-order valence-corrected chi connectivity index (χ2v) is 6.72. The van der Waals surface area contributed by atoms with Crippen LogP contribution >= 0.6 is 0 Å². The normalized spacial score (nSPS) is 22.7. The number of morpholine rings is 1. The molecule has 3 heteroatoms. The summed E-state index contributed by atoms with van der Waals surface area (Å²) in [6.07, 6.45) is 0. The van der Waals surface area contributed by atoms with Crippen molar-refractivity contribution in [1.29, 1.82) is 0 Å². The zero-order chi connectivity index (χ0) is 14.6. The molecule has 112 valence electrons. The molecule has 0 aliphatic carbocycles. The molecule has 0 bridgehead atoms. The number of rotatable bonds is 4. The summed E-state index contributed by atoms with van der Waals surface area (Å²) in [5, 5.41) is 3.66. The second kappa shape index (κ2) is 6.70. The average molecular weight is 276 g/mol. The molecule has 2 rings (SSSR count). The van der Waals surface area contributed by atoms with E-state index in [0.29, 0.717) is 12.1 Å². The van der Waals surface area contributed by atoms with Crippen molar-refractivity contribution in [2.24, 2.45) is 0 Å². The Hall–Kier alpha value is -0.900. The maximum atomic E-state index is 5.58. The van der Waals surface area contributed by atoms with E-state index < -0.39 is 0 Å². The Morgan fingerprint density at radius 1 is 1.30 bits per heavy atom. The van der Waals surface area contributed by atoms with Crippen molar-refractivity contribution in [3.63, 3.8) is 0 Å². The van der Waals surface area contributed by atoms with Gasteiger partial charge in [0, 0.05) is 30.7 Å². The molecule has 0 spiro atoms. The lowest BCUT2D eigenvalue weighted by molar-refractivity contribution is -0.0234. The van der Waals surface area contributed by atoms with Gasteiger partial charge in [-0.3, -0.25) is 4.90 Å². The van der Waals surface area contributed by atoms with Gasteiger partial charge in [0.25, 0.3) is 0 Å². The molecule has 2 atom stereocenters. The zero-order valence-electron chi connectivity index (χ0n) is 13.2. The van der Waals surface area contributed by atoms with E-state index >= 15 is 0 Å². The predicted molar refractivity (Wildman–Crippen MR) is 83.9 cm³/mol. The number of ether oxygens (including phenoxy) is 1. The third-order valence-corrected chi connectivity index (χ3v) is 3.83. The van der Waals surface area contributed by atoms with E-state index in [0.717, 1.165) is 26.3 Å². The van der Waals surface area contributed by atoms with E-state index in [1.54, 1.807) is 0 Å². The number of nitrogens with one attached hydrogen (secondary N) is 1. The molecule has 1 heterocycles. The molecule has 1 aromatic carbocycles. The fourth-order valence-electron chi connectivity index (χ4n) is 2.71. The van der Waals surface area contributed by atoms with Crippen LogP contribution in [0.25, 0.3) is 0 Å². The minimum Gasteiger partial charge on any atom is -0.379 e. The van der Waals surface area contributed by atoms with Gasteiger partial charge in [-0.15, -0.1) is 0 Å². The number of nitrogens with zero attached hydrogens (tertiary/aromatic N) is 1. The van der Waals surface area contributed by atoms with Gasteiger partial charge in [-0.05, 0) is 33.3 Å². The maximum Gasteiger partial charge on any atom is 0.0620 e. The zero-order valence-corrected chi connectivity index (χ0v) is 13.2. The minimum absolute atomic E-state index is 0.141. The molecular weight excluding hydrogens is 248 g/mol. The summed E-state index contributed by atoms with van der Waals surface area (Å²) in [4.78, 5) is 2.57. The molecule has 20 heavy (non-hydrogen) atoms. The molecule has 1 aliphatic heterocycles. The van der Waals surface area contributed by atoms with Crippen LogP contribution in [0.3, 0.4) is 0 Å². The van der Waals surface area contributed by atoms with Gasteiger partial charge in [0.2, 0.25) is 0 Å². The first-order chi connectivity index (χ1) is 9.47. The monoisotopic (exact) mass is 276 g/mol. The third kappa shape index (κ3) is 4.30. The van der Waals surface area contributed by atoms with Crippen LogP contribution in [0.1, 0.15) is 39.3 Å². The highest BCUT2D eigenvalue weighted by molar-refractivity contribution is 5.20. The Bertz CT molecular complexity index is 399. The molecule has 1 N–H and O–H groups in total. The SMILES string of the molecule is CC1COCCN1C(CNC(C)(C)C)c1ccccc1. The highest BCUT2D eigenvalue weighted by Crippen LogP contribution is 2.24. The fraction of sp³-hybridized carbons (Fsp3) is 0.647. The van der Waals surface area contributed by atoms with Gasteiger partial charge >= 0.3 is 0 Å². The van der Waals surface area contributed by atoms with E-state index in [-0.39, 0.29) is 5.54 Å². The van der Waals surface area contributed by atoms with Crippen molar-refractivity contribution >= 4 is 0 Å². The van der Waals surface area contributed by atoms with Crippen molar-refractivity contribution in [3.8, 4) is 0 Å². The van der Waals surface area contributed by atoms with E-state index in [2.05, 4.69) is 68.2 Å². The van der Waals surface area contributed by atoms with Crippen LogP contribution in [0, 0.1) is 0 Å². The van der Waals surface area contributed by atoms with Crippen molar-refractivity contribution < 1.29 is 4.74 Å². The lowest BCUT2D eigenvalue weighted by Gasteiger charge is -2.41. The average Bonchev–Trinajstić information content (AvgIpc) is 2.41. The summed E-state index contributed by atoms with van der Waals surface area (Å²) >= 11 is 0. The Morgan fingerprint density at radius 2 is 2.00 bits per heavy atom. The number of hydrogen-bond donors (Lipinski definition) is 1. The molecule has 0 saturated carbocycles. The van der Waals surface area contributed by atoms with Crippen molar-refractivity contribution in [3.05, 3.63) is 35.9 Å². The fourth-order valence-corrected chi connectivity index (χ4v) is 2.71. The molecule has 1 aliphatic rings. The van der Waals surface area contributed by atoms with Gasteiger partial charge in [-0.2, -0.15) is 0 Å². The Morgan fingerprint density at radius 3 is 2.60 bits per heavy atom. The summed E-state index contributed by atoms with van der Waals surface area (Å²) < 4.78 is 5.58. The molecule has 0 amide bonds. The van der Waals surface area contributed by atoms with Crippen LogP contribution in [0.15, 0.2) is 30.3 Å². The number of hydrogen-bond acceptors (Lipinski definition) is 3. The van der Waals surface area contributed by atoms with E-state index in [9.17, 15) is 0 Å². The lowest BCUT2D eigenvalue weighted by atomic mass is 10.0. The smallest absolute Gasteiger partial charge is 0.0620 e. The van der Waals surface area contributed by atoms with Crippen molar-refractivity contribution in [2.45, 2.75) is 45.3 Å². The molecular formula is C17H28N2O. The van der Waals surface area contributed by atoms with Crippen LogP contribution in [-0.2, 0) is 4.74 Å². The minimum atomic E-state index is 0.141. The first-order valence-corrected chi connectivity index (χ1v) is 7.61. The van der Waals surface area contributed by atoms with Crippen molar-refractivity contribution in [2.75, 3.05) is 26.3 Å². The van der Waals surface area contributed by atoms with E-state index in [1.807, 2.05) is 0 Å². The van der Waals surface area contributed by atoms with Gasteiger partial charge in [0.1, 0.15) is 0 Å². The van der Waals surface area contributed by atoms with Crippen LogP contribution in [0.2, 0.25) is 0 Å². The van der Waals surface area contributed by atoms with Crippen molar-refractivity contribution in [1.82, 2.24) is 10.2 Å². The molecule has 1 fully saturated rings. The predicted octanol–water partition coefficient (Wildman–Crippen LogP) is 2.84. The highest BCUT2D eigenvalue weighted by Gasteiger charge is 2.28. The summed E-state index contributed by atoms with van der Waals surface area (Å²) in [5.41, 5.74) is 1.53. The molecule has 0 aromatic heterocycles. The largest absolute Gasteiger partial charge is 0.379 e. The highest BCUT2D eigenvalue weighted by atomic mass is 16.5. The van der Waals surface area contributed by atoms with Crippen LogP contribution in [0.4, 0.5) is 0 Å². The Kier molecular flexibility index (Phi) is 5.19. The Labute approximate surface area is 123 Å². The lowest BCUT2D eigenvalue weighted by Crippen LogP contribution is -2.50. The van der Waals surface area contributed by atoms with Gasteiger partial charge in [0.05, 0.1) is 13.2 Å². The second-order valence-electron chi connectivity index (χ2n) is 6.72. The van der Waals surface area contributed by atoms with Crippen LogP contribution < -0.4 is 5.32 Å². The van der Waals surface area contributed by atoms with E-state index in [1.165, 1.54) is 5.56 Å². The Balaban J connectivity index is 2.15. The first kappa shape index (κ1) is 15.5. The van der Waals surface area contributed by atoms with Gasteiger partial charge in [0.15, 0.2) is 0 Å². The molecule has 3 nitrogen and oxygen atoms in total. The van der Waals surface area contributed by atoms with E-state index in [4.69, 9.17) is 4.74 Å². The topological polar surface area (TPSA) is 24.5 Å².